The van der Waals surface area contributed by atoms with Gasteiger partial charge in [0.05, 0.1) is 23.8 Å². The molecule has 4 nitrogen and oxygen atoms in total. The third kappa shape index (κ3) is 1.92. The van der Waals surface area contributed by atoms with E-state index in [-0.39, 0.29) is 11.8 Å². The summed E-state index contributed by atoms with van der Waals surface area (Å²) in [5.74, 6) is 0.366. The number of piperidine rings is 1. The van der Waals surface area contributed by atoms with E-state index < -0.39 is 0 Å². The van der Waals surface area contributed by atoms with Crippen molar-refractivity contribution in [3.8, 4) is 0 Å². The summed E-state index contributed by atoms with van der Waals surface area (Å²) in [6.45, 7) is 1.77. The van der Waals surface area contributed by atoms with Gasteiger partial charge in [-0.05, 0) is 34.8 Å². The van der Waals surface area contributed by atoms with Gasteiger partial charge in [-0.25, -0.2) is 0 Å². The van der Waals surface area contributed by atoms with Crippen molar-refractivity contribution >= 4 is 27.5 Å². The molecule has 2 fully saturated rings. The zero-order valence-electron chi connectivity index (χ0n) is 9.40. The number of aromatic nitrogens is 1. The molecule has 90 valence electrons. The van der Waals surface area contributed by atoms with Crippen LogP contribution in [0, 0.1) is 5.92 Å². The van der Waals surface area contributed by atoms with Crippen molar-refractivity contribution in [2.75, 3.05) is 18.0 Å². The molecule has 2 unspecified atom stereocenters. The first kappa shape index (κ1) is 11.0. The number of amides is 1. The van der Waals surface area contributed by atoms with Crippen LogP contribution >= 0.6 is 15.9 Å². The number of anilines is 1. The highest BCUT2D eigenvalue weighted by Crippen LogP contribution is 2.31. The average molecular weight is 296 g/mol. The second-order valence-corrected chi connectivity index (χ2v) is 5.53. The van der Waals surface area contributed by atoms with Gasteiger partial charge in [-0.3, -0.25) is 9.78 Å². The second-order valence-electron chi connectivity index (χ2n) is 4.62. The largest absolute Gasteiger partial charge is 0.365 e. The summed E-state index contributed by atoms with van der Waals surface area (Å²) in [6.07, 6.45) is 5.73. The summed E-state index contributed by atoms with van der Waals surface area (Å²) in [4.78, 5) is 18.2. The molecule has 5 heteroatoms. The molecule has 0 radical (unpaired) electrons. The summed E-state index contributed by atoms with van der Waals surface area (Å²) in [7, 11) is 0. The summed E-state index contributed by atoms with van der Waals surface area (Å²) in [5.41, 5.74) is 1.10. The number of halogens is 1. The van der Waals surface area contributed by atoms with Gasteiger partial charge in [-0.2, -0.15) is 0 Å². The van der Waals surface area contributed by atoms with E-state index in [1.54, 1.807) is 6.20 Å². The predicted octanol–water partition coefficient (Wildman–Crippen LogP) is 1.56. The summed E-state index contributed by atoms with van der Waals surface area (Å²) in [6, 6.07) is 2.37. The zero-order chi connectivity index (χ0) is 11.8. The summed E-state index contributed by atoms with van der Waals surface area (Å²) >= 11 is 3.44. The molecule has 0 aliphatic carbocycles. The Labute approximate surface area is 109 Å². The normalized spacial score (nSPS) is 27.8. The lowest BCUT2D eigenvalue weighted by Gasteiger charge is -2.37. The standard InChI is InChI=1S/C12H14BrN3O/c13-8-4-9(6-14-5-8)16-3-1-2-10-11(16)7-15-12(10)17/h4-6,10-11H,1-3,7H2,(H,15,17). The van der Waals surface area contributed by atoms with Gasteiger partial charge >= 0.3 is 0 Å². The number of hydrogen-bond donors (Lipinski definition) is 1. The topological polar surface area (TPSA) is 45.2 Å². The number of nitrogens with one attached hydrogen (secondary N) is 1. The van der Waals surface area contributed by atoms with Crippen LogP contribution in [0.5, 0.6) is 0 Å². The number of fused-ring (bicyclic) bond motifs is 1. The van der Waals surface area contributed by atoms with Crippen molar-refractivity contribution in [3.05, 3.63) is 22.9 Å². The zero-order valence-corrected chi connectivity index (χ0v) is 11.0. The van der Waals surface area contributed by atoms with Crippen molar-refractivity contribution < 1.29 is 4.79 Å². The van der Waals surface area contributed by atoms with Gasteiger partial charge in [0.1, 0.15) is 0 Å². The Kier molecular flexibility index (Phi) is 2.78. The highest BCUT2D eigenvalue weighted by atomic mass is 79.9. The maximum atomic E-state index is 11.7. The molecule has 17 heavy (non-hydrogen) atoms. The first-order chi connectivity index (χ1) is 8.25. The number of hydrogen-bond acceptors (Lipinski definition) is 3. The molecule has 0 aromatic carbocycles. The fraction of sp³-hybridized carbons (Fsp3) is 0.500. The van der Waals surface area contributed by atoms with E-state index >= 15 is 0 Å². The number of carbonyl (C=O) groups excluding carboxylic acids is 1. The first-order valence-corrected chi connectivity index (χ1v) is 6.70. The summed E-state index contributed by atoms with van der Waals surface area (Å²) < 4.78 is 0.981. The molecule has 0 bridgehead atoms. The van der Waals surface area contributed by atoms with Crippen molar-refractivity contribution in [2.24, 2.45) is 5.92 Å². The van der Waals surface area contributed by atoms with Crippen LogP contribution < -0.4 is 10.2 Å². The molecule has 2 aliphatic rings. The molecule has 1 N–H and O–H groups in total. The average Bonchev–Trinajstić information content (AvgIpc) is 2.71. The van der Waals surface area contributed by atoms with Gasteiger partial charge < -0.3 is 10.2 Å². The van der Waals surface area contributed by atoms with Gasteiger partial charge in [-0.1, -0.05) is 0 Å². The van der Waals surface area contributed by atoms with E-state index in [1.807, 2.05) is 6.20 Å². The third-order valence-corrected chi connectivity index (χ3v) is 4.06. The quantitative estimate of drug-likeness (QED) is 0.855. The third-order valence-electron chi connectivity index (χ3n) is 3.62. The molecule has 2 aliphatic heterocycles. The van der Waals surface area contributed by atoms with E-state index in [0.717, 1.165) is 36.1 Å². The molecule has 3 rings (SSSR count). The maximum Gasteiger partial charge on any atom is 0.225 e. The van der Waals surface area contributed by atoms with Crippen LogP contribution in [0.2, 0.25) is 0 Å². The highest BCUT2D eigenvalue weighted by molar-refractivity contribution is 9.10. The van der Waals surface area contributed by atoms with Gasteiger partial charge in [0, 0.05) is 23.8 Å². The molecule has 1 aromatic heterocycles. The summed E-state index contributed by atoms with van der Waals surface area (Å²) in [5, 5.41) is 2.96. The van der Waals surface area contributed by atoms with E-state index in [9.17, 15) is 4.79 Å². The monoisotopic (exact) mass is 295 g/mol. The van der Waals surface area contributed by atoms with E-state index in [0.29, 0.717) is 6.04 Å². The Morgan fingerprint density at radius 2 is 2.35 bits per heavy atom. The van der Waals surface area contributed by atoms with Gasteiger partial charge in [-0.15, -0.1) is 0 Å². The molecule has 0 saturated carbocycles. The van der Waals surface area contributed by atoms with Gasteiger partial charge in [0.25, 0.3) is 0 Å². The lowest BCUT2D eigenvalue weighted by molar-refractivity contribution is -0.122. The predicted molar refractivity (Wildman–Crippen MR) is 68.8 cm³/mol. The Bertz CT molecular complexity index is 451. The van der Waals surface area contributed by atoms with Crippen molar-refractivity contribution in [1.29, 1.82) is 0 Å². The molecular weight excluding hydrogens is 282 g/mol. The fourth-order valence-electron chi connectivity index (χ4n) is 2.83. The Morgan fingerprint density at radius 1 is 1.47 bits per heavy atom. The van der Waals surface area contributed by atoms with Gasteiger partial charge in [0.2, 0.25) is 5.91 Å². The minimum absolute atomic E-state index is 0.155. The molecule has 3 heterocycles. The van der Waals surface area contributed by atoms with Gasteiger partial charge in [0.15, 0.2) is 0 Å². The molecule has 2 atom stereocenters. The number of pyridine rings is 1. The lowest BCUT2D eigenvalue weighted by Crippen LogP contribution is -2.45. The maximum absolute atomic E-state index is 11.7. The Hall–Kier alpha value is -1.10. The molecular formula is C12H14BrN3O. The van der Waals surface area contributed by atoms with Crippen LogP contribution in [0.4, 0.5) is 5.69 Å². The first-order valence-electron chi connectivity index (χ1n) is 5.90. The highest BCUT2D eigenvalue weighted by Gasteiger charge is 2.40. The van der Waals surface area contributed by atoms with Crippen molar-refractivity contribution in [1.82, 2.24) is 10.3 Å². The van der Waals surface area contributed by atoms with E-state index in [1.165, 1.54) is 0 Å². The number of nitrogens with zero attached hydrogens (tertiary/aromatic N) is 2. The van der Waals surface area contributed by atoms with Crippen LogP contribution in [0.3, 0.4) is 0 Å². The number of carbonyl (C=O) groups is 1. The van der Waals surface area contributed by atoms with Crippen LogP contribution in [-0.2, 0) is 4.79 Å². The van der Waals surface area contributed by atoms with E-state index in [2.05, 4.69) is 37.2 Å². The molecule has 0 spiro atoms. The second kappa shape index (κ2) is 4.29. The van der Waals surface area contributed by atoms with Crippen LogP contribution in [0.15, 0.2) is 22.9 Å². The molecule has 1 amide bonds. The van der Waals surface area contributed by atoms with Crippen LogP contribution in [0.25, 0.3) is 0 Å². The fourth-order valence-corrected chi connectivity index (χ4v) is 3.18. The smallest absolute Gasteiger partial charge is 0.225 e. The van der Waals surface area contributed by atoms with Crippen molar-refractivity contribution in [2.45, 2.75) is 18.9 Å². The Balaban J connectivity index is 1.90. The minimum Gasteiger partial charge on any atom is -0.365 e. The van der Waals surface area contributed by atoms with Crippen LogP contribution in [0.1, 0.15) is 12.8 Å². The molecule has 2 saturated heterocycles. The molecule has 1 aromatic rings. The van der Waals surface area contributed by atoms with E-state index in [4.69, 9.17) is 0 Å². The Morgan fingerprint density at radius 3 is 3.18 bits per heavy atom. The lowest BCUT2D eigenvalue weighted by atomic mass is 9.91. The number of rotatable bonds is 1. The van der Waals surface area contributed by atoms with Crippen LogP contribution in [-0.4, -0.2) is 30.0 Å². The van der Waals surface area contributed by atoms with Crippen molar-refractivity contribution in [3.63, 3.8) is 0 Å². The SMILES string of the molecule is O=C1NCC2C1CCCN2c1cncc(Br)c1. The minimum atomic E-state index is 0.155.